The maximum atomic E-state index is 13.4. The number of rotatable bonds is 11. The number of aliphatic carboxylic acids is 1. The van der Waals surface area contributed by atoms with Gasteiger partial charge in [-0.05, 0) is 42.7 Å². The molecule has 43 heavy (non-hydrogen) atoms. The van der Waals surface area contributed by atoms with E-state index >= 15 is 0 Å². The number of benzene rings is 3. The number of nitrogens with zero attached hydrogens (tertiary/aromatic N) is 2. The molecule has 1 fully saturated rings. The molecule has 4 rings (SSSR count). The summed E-state index contributed by atoms with van der Waals surface area (Å²) in [6, 6.07) is 21.0. The summed E-state index contributed by atoms with van der Waals surface area (Å²) < 4.78 is 0. The quantitative estimate of drug-likeness (QED) is 0.265. The van der Waals surface area contributed by atoms with E-state index in [0.717, 1.165) is 23.2 Å². The molecule has 4 amide bonds. The van der Waals surface area contributed by atoms with E-state index in [2.05, 4.69) is 20.9 Å². The van der Waals surface area contributed by atoms with Crippen LogP contribution in [-0.4, -0.2) is 66.5 Å². The number of carboxylic acid groups (broad SMARTS) is 1. The van der Waals surface area contributed by atoms with E-state index in [0.29, 0.717) is 50.4 Å². The largest absolute Gasteiger partial charge is 0.481 e. The SMILES string of the molecule is CCCNC(=O)Nc1cc(C(=O)NC(CC(=O)O)c2ccc(C)cc2)ccc1N1CCN(C(=O)Cc2ccccc2)CC1. The first-order valence-electron chi connectivity index (χ1n) is 14.6. The Hall–Kier alpha value is -4.86. The number of amides is 4. The van der Waals surface area contributed by atoms with Crippen LogP contribution < -0.4 is 20.9 Å². The summed E-state index contributed by atoms with van der Waals surface area (Å²) in [5.74, 6) is -1.41. The average molecular weight is 586 g/mol. The highest BCUT2D eigenvalue weighted by atomic mass is 16.4. The van der Waals surface area contributed by atoms with Crippen LogP contribution >= 0.6 is 0 Å². The Morgan fingerprint density at radius 3 is 2.26 bits per heavy atom. The van der Waals surface area contributed by atoms with Crippen LogP contribution in [0.1, 0.15) is 52.9 Å². The van der Waals surface area contributed by atoms with E-state index in [4.69, 9.17) is 0 Å². The number of carbonyl (C=O) groups is 4. The van der Waals surface area contributed by atoms with Gasteiger partial charge in [0.15, 0.2) is 0 Å². The maximum absolute atomic E-state index is 13.4. The molecule has 1 atom stereocenters. The van der Waals surface area contributed by atoms with Crippen molar-refractivity contribution in [1.82, 2.24) is 15.5 Å². The number of carboxylic acids is 1. The third-order valence-electron chi connectivity index (χ3n) is 7.38. The molecule has 10 nitrogen and oxygen atoms in total. The van der Waals surface area contributed by atoms with Crippen molar-refractivity contribution < 1.29 is 24.3 Å². The highest BCUT2D eigenvalue weighted by Gasteiger charge is 2.25. The van der Waals surface area contributed by atoms with Crippen LogP contribution in [0.4, 0.5) is 16.2 Å². The number of anilines is 2. The number of nitrogens with one attached hydrogen (secondary N) is 3. The van der Waals surface area contributed by atoms with Gasteiger partial charge in [-0.2, -0.15) is 0 Å². The van der Waals surface area contributed by atoms with E-state index in [9.17, 15) is 24.3 Å². The van der Waals surface area contributed by atoms with Crippen molar-refractivity contribution in [2.24, 2.45) is 0 Å². The van der Waals surface area contributed by atoms with Crippen LogP contribution in [0.25, 0.3) is 0 Å². The second-order valence-corrected chi connectivity index (χ2v) is 10.7. The minimum atomic E-state index is -1.03. The molecule has 0 aromatic heterocycles. The first-order valence-corrected chi connectivity index (χ1v) is 14.6. The fourth-order valence-electron chi connectivity index (χ4n) is 5.00. The number of hydrogen-bond donors (Lipinski definition) is 4. The van der Waals surface area contributed by atoms with E-state index in [1.807, 2.05) is 73.3 Å². The molecule has 1 saturated heterocycles. The molecule has 1 heterocycles. The van der Waals surface area contributed by atoms with Gasteiger partial charge in [-0.1, -0.05) is 67.1 Å². The normalized spacial score (nSPS) is 13.6. The summed E-state index contributed by atoms with van der Waals surface area (Å²) in [4.78, 5) is 54.4. The topological polar surface area (TPSA) is 131 Å². The van der Waals surface area contributed by atoms with E-state index < -0.39 is 17.9 Å². The number of carbonyl (C=O) groups excluding carboxylic acids is 3. The number of hydrogen-bond acceptors (Lipinski definition) is 5. The molecule has 0 aliphatic carbocycles. The third-order valence-corrected chi connectivity index (χ3v) is 7.38. The molecule has 226 valence electrons. The van der Waals surface area contributed by atoms with Crippen molar-refractivity contribution in [2.45, 2.75) is 39.2 Å². The van der Waals surface area contributed by atoms with Gasteiger partial charge in [0.25, 0.3) is 5.91 Å². The lowest BCUT2D eigenvalue weighted by Crippen LogP contribution is -2.49. The molecule has 3 aromatic carbocycles. The minimum Gasteiger partial charge on any atom is -0.481 e. The first kappa shape index (κ1) is 31.1. The van der Waals surface area contributed by atoms with E-state index in [1.54, 1.807) is 18.2 Å². The van der Waals surface area contributed by atoms with Crippen molar-refractivity contribution in [3.05, 3.63) is 95.1 Å². The van der Waals surface area contributed by atoms with Crippen LogP contribution in [0.2, 0.25) is 0 Å². The van der Waals surface area contributed by atoms with Gasteiger partial charge < -0.3 is 30.9 Å². The van der Waals surface area contributed by atoms with Crippen LogP contribution in [0.3, 0.4) is 0 Å². The zero-order valence-corrected chi connectivity index (χ0v) is 24.6. The second-order valence-electron chi connectivity index (χ2n) is 10.7. The predicted molar refractivity (Wildman–Crippen MR) is 166 cm³/mol. The summed E-state index contributed by atoms with van der Waals surface area (Å²) in [5, 5.41) is 18.0. The Kier molecular flexibility index (Phi) is 10.7. The maximum Gasteiger partial charge on any atom is 0.319 e. The number of urea groups is 1. The fourth-order valence-corrected chi connectivity index (χ4v) is 5.00. The summed E-state index contributed by atoms with van der Waals surface area (Å²) in [6.07, 6.45) is 0.844. The van der Waals surface area contributed by atoms with Crippen molar-refractivity contribution in [2.75, 3.05) is 42.9 Å². The van der Waals surface area contributed by atoms with Gasteiger partial charge in [-0.15, -0.1) is 0 Å². The molecule has 0 spiro atoms. The highest BCUT2D eigenvalue weighted by molar-refractivity contribution is 6.00. The Balaban J connectivity index is 1.50. The molecule has 0 radical (unpaired) electrons. The third kappa shape index (κ3) is 8.81. The van der Waals surface area contributed by atoms with Crippen LogP contribution in [-0.2, 0) is 16.0 Å². The van der Waals surface area contributed by atoms with Gasteiger partial charge in [0.05, 0.1) is 30.3 Å². The van der Waals surface area contributed by atoms with Gasteiger partial charge in [-0.25, -0.2) is 4.79 Å². The molecule has 4 N–H and O–H groups in total. The zero-order valence-electron chi connectivity index (χ0n) is 24.6. The van der Waals surface area contributed by atoms with Gasteiger partial charge in [0.1, 0.15) is 0 Å². The summed E-state index contributed by atoms with van der Waals surface area (Å²) in [7, 11) is 0. The van der Waals surface area contributed by atoms with Crippen molar-refractivity contribution >= 4 is 35.2 Å². The van der Waals surface area contributed by atoms with Gasteiger partial charge in [-0.3, -0.25) is 14.4 Å². The van der Waals surface area contributed by atoms with Gasteiger partial charge >= 0.3 is 12.0 Å². The molecule has 10 heteroatoms. The lowest BCUT2D eigenvalue weighted by Gasteiger charge is -2.37. The molecule has 1 aliphatic rings. The predicted octanol–water partition coefficient (Wildman–Crippen LogP) is 4.36. The first-order chi connectivity index (χ1) is 20.7. The Morgan fingerprint density at radius 2 is 1.60 bits per heavy atom. The molecule has 0 bridgehead atoms. The standard InChI is InChI=1S/C33H39N5O5/c1-3-15-34-33(43)36-28-21-26(32(42)35-27(22-31(40)41)25-11-9-23(2)10-12-25)13-14-29(28)37-16-18-38(19-17-37)30(39)20-24-7-5-4-6-8-24/h4-14,21,27H,3,15-20,22H2,1-2H3,(H,35,42)(H,40,41)(H2,34,36,43). The summed E-state index contributed by atoms with van der Waals surface area (Å²) in [5.41, 5.74) is 4.16. The Morgan fingerprint density at radius 1 is 0.907 bits per heavy atom. The molecule has 1 unspecified atom stereocenters. The van der Waals surface area contributed by atoms with E-state index in [1.165, 1.54) is 0 Å². The summed E-state index contributed by atoms with van der Waals surface area (Å²) in [6.45, 7) is 6.57. The van der Waals surface area contributed by atoms with Crippen LogP contribution in [0, 0.1) is 6.92 Å². The average Bonchev–Trinajstić information content (AvgIpc) is 3.00. The minimum absolute atomic E-state index is 0.0691. The number of aryl methyl sites for hydroxylation is 1. The monoisotopic (exact) mass is 585 g/mol. The van der Waals surface area contributed by atoms with E-state index in [-0.39, 0.29) is 23.9 Å². The van der Waals surface area contributed by atoms with Crippen molar-refractivity contribution in [1.29, 1.82) is 0 Å². The van der Waals surface area contributed by atoms with Crippen LogP contribution in [0.5, 0.6) is 0 Å². The van der Waals surface area contributed by atoms with Gasteiger partial charge in [0, 0.05) is 38.3 Å². The Labute approximate surface area is 252 Å². The highest BCUT2D eigenvalue weighted by Crippen LogP contribution is 2.29. The second kappa shape index (κ2) is 14.9. The fraction of sp³-hybridized carbons (Fsp3) is 0.333. The smallest absolute Gasteiger partial charge is 0.319 e. The Bertz CT molecular complexity index is 1420. The van der Waals surface area contributed by atoms with Crippen molar-refractivity contribution in [3.8, 4) is 0 Å². The molecular weight excluding hydrogens is 546 g/mol. The number of piperazine rings is 1. The zero-order chi connectivity index (χ0) is 30.8. The van der Waals surface area contributed by atoms with Crippen LogP contribution in [0.15, 0.2) is 72.8 Å². The molecule has 3 aromatic rings. The molecule has 1 aliphatic heterocycles. The lowest BCUT2D eigenvalue weighted by molar-refractivity contribution is -0.137. The molecule has 0 saturated carbocycles. The van der Waals surface area contributed by atoms with Gasteiger partial charge in [0.2, 0.25) is 5.91 Å². The lowest BCUT2D eigenvalue weighted by atomic mass is 10.0. The summed E-state index contributed by atoms with van der Waals surface area (Å²) >= 11 is 0. The van der Waals surface area contributed by atoms with Crippen molar-refractivity contribution in [3.63, 3.8) is 0 Å². The molecular formula is C33H39N5O5.